The van der Waals surface area contributed by atoms with Gasteiger partial charge >= 0.3 is 0 Å². The number of halogens is 1. The van der Waals surface area contributed by atoms with E-state index < -0.39 is 0 Å². The second-order valence-electron chi connectivity index (χ2n) is 3.65. The average molecular weight is 229 g/mol. The minimum atomic E-state index is 1.10. The molecule has 16 heavy (non-hydrogen) atoms. The molecule has 0 saturated heterocycles. The molecule has 0 N–H and O–H groups in total. The van der Waals surface area contributed by atoms with Gasteiger partial charge in [-0.05, 0) is 34.2 Å². The van der Waals surface area contributed by atoms with Gasteiger partial charge in [0.1, 0.15) is 0 Å². The molecule has 0 bridgehead atoms. The van der Waals surface area contributed by atoms with E-state index in [1.54, 1.807) is 0 Å². The molecule has 1 aliphatic carbocycles. The molecule has 0 aromatic heterocycles. The summed E-state index contributed by atoms with van der Waals surface area (Å²) < 4.78 is 0. The van der Waals surface area contributed by atoms with Gasteiger partial charge in [-0.25, -0.2) is 0 Å². The van der Waals surface area contributed by atoms with E-state index in [1.807, 2.05) is 0 Å². The van der Waals surface area contributed by atoms with E-state index in [1.165, 1.54) is 27.8 Å². The van der Waals surface area contributed by atoms with Crippen molar-refractivity contribution in [1.29, 1.82) is 0 Å². The molecule has 0 nitrogen and oxygen atoms in total. The molecule has 0 saturated carbocycles. The Bertz CT molecular complexity index is 457. The third-order valence-corrected chi connectivity index (χ3v) is 2.71. The summed E-state index contributed by atoms with van der Waals surface area (Å²) in [7, 11) is 0. The fraction of sp³-hybridized carbons (Fsp3) is 0.0667. The van der Waals surface area contributed by atoms with Gasteiger partial charge in [0.25, 0.3) is 0 Å². The van der Waals surface area contributed by atoms with Gasteiger partial charge in [-0.15, -0.1) is 0 Å². The second-order valence-corrected chi connectivity index (χ2v) is 3.95. The van der Waals surface area contributed by atoms with Crippen LogP contribution in [0.2, 0.25) is 0 Å². The summed E-state index contributed by atoms with van der Waals surface area (Å²) in [5.41, 5.74) is 6.98. The van der Waals surface area contributed by atoms with Gasteiger partial charge in [-0.3, -0.25) is 0 Å². The van der Waals surface area contributed by atoms with E-state index in [-0.39, 0.29) is 0 Å². The average Bonchev–Trinajstić information content (AvgIpc) is 2.68. The first kappa shape index (κ1) is 11.0. The topological polar surface area (TPSA) is 0 Å². The van der Waals surface area contributed by atoms with E-state index in [4.69, 9.17) is 11.6 Å². The number of fused-ring (bicyclic) bond motifs is 3. The molecule has 3 rings (SSSR count). The Labute approximate surface area is 101 Å². The highest BCUT2D eigenvalue weighted by atomic mass is 35.5. The van der Waals surface area contributed by atoms with Crippen LogP contribution in [0.1, 0.15) is 11.1 Å². The van der Waals surface area contributed by atoms with Gasteiger partial charge in [-0.2, -0.15) is 0 Å². The molecule has 1 aliphatic rings. The summed E-state index contributed by atoms with van der Waals surface area (Å²) >= 11 is 4.76. The Balaban J connectivity index is 0.000000292. The smallest absolute Gasteiger partial charge is 0.00135 e. The summed E-state index contributed by atoms with van der Waals surface area (Å²) in [6.07, 6.45) is 1.10. The van der Waals surface area contributed by atoms with Gasteiger partial charge in [0.05, 0.1) is 0 Å². The molecule has 0 aliphatic heterocycles. The molecule has 0 unspecified atom stereocenters. The Hall–Kier alpha value is -1.53. The third kappa shape index (κ3) is 2.02. The number of benzene rings is 2. The number of hydrogen-bond donors (Lipinski definition) is 0. The molecule has 0 heterocycles. The van der Waals surface area contributed by atoms with Crippen LogP contribution in [-0.4, -0.2) is 0 Å². The highest BCUT2D eigenvalue weighted by Gasteiger charge is 2.15. The van der Waals surface area contributed by atoms with Crippen molar-refractivity contribution in [1.82, 2.24) is 0 Å². The largest absolute Gasteiger partial charge is 0.0936 e. The van der Waals surface area contributed by atoms with E-state index >= 15 is 0 Å². The highest BCUT2D eigenvalue weighted by Crippen LogP contribution is 2.35. The minimum Gasteiger partial charge on any atom is -0.0936 e. The summed E-state index contributed by atoms with van der Waals surface area (Å²) in [6.45, 7) is 3.13. The van der Waals surface area contributed by atoms with Crippen molar-refractivity contribution in [3.8, 4) is 11.1 Å². The van der Waals surface area contributed by atoms with Gasteiger partial charge in [-0.1, -0.05) is 66.7 Å². The van der Waals surface area contributed by atoms with Crippen LogP contribution in [0.25, 0.3) is 11.1 Å². The fourth-order valence-electron chi connectivity index (χ4n) is 2.08. The monoisotopic (exact) mass is 228 g/mol. The van der Waals surface area contributed by atoms with Crippen molar-refractivity contribution >= 4 is 11.6 Å². The molecule has 0 fully saturated rings. The predicted octanol–water partition coefficient (Wildman–Crippen LogP) is 4.63. The summed E-state index contributed by atoms with van der Waals surface area (Å²) in [6, 6.07) is 17.3. The lowest BCUT2D eigenvalue weighted by Crippen LogP contribution is -1.77. The van der Waals surface area contributed by atoms with Crippen LogP contribution in [0.15, 0.2) is 60.6 Å². The maximum Gasteiger partial charge on any atom is -0.00135 e. The van der Waals surface area contributed by atoms with Crippen LogP contribution in [0, 0.1) is 0 Å². The Kier molecular flexibility index (Phi) is 3.43. The van der Waals surface area contributed by atoms with Crippen molar-refractivity contribution in [3.05, 3.63) is 71.8 Å². The van der Waals surface area contributed by atoms with Gasteiger partial charge in [0.2, 0.25) is 0 Å². The summed E-state index contributed by atoms with van der Waals surface area (Å²) in [4.78, 5) is 0. The quantitative estimate of drug-likeness (QED) is 0.527. The van der Waals surface area contributed by atoms with Crippen LogP contribution < -0.4 is 0 Å². The number of rotatable bonds is 0. The number of hydrogen-bond acceptors (Lipinski definition) is 0. The Morgan fingerprint density at radius 3 is 1.69 bits per heavy atom. The maximum absolute atomic E-state index is 4.76. The van der Waals surface area contributed by atoms with Crippen LogP contribution in [0.3, 0.4) is 0 Å². The lowest BCUT2D eigenvalue weighted by molar-refractivity contribution is 1.26. The van der Waals surface area contributed by atoms with Crippen molar-refractivity contribution in [2.45, 2.75) is 6.42 Å². The first-order valence-corrected chi connectivity index (χ1v) is 5.67. The molecular weight excluding hydrogens is 216 g/mol. The van der Waals surface area contributed by atoms with E-state index in [0.717, 1.165) is 6.42 Å². The Morgan fingerprint density at radius 2 is 1.25 bits per heavy atom. The Morgan fingerprint density at radius 1 is 0.875 bits per heavy atom. The van der Waals surface area contributed by atoms with Crippen molar-refractivity contribution in [2.75, 3.05) is 0 Å². The highest BCUT2D eigenvalue weighted by molar-refractivity contribution is 6.25. The van der Waals surface area contributed by atoms with Crippen LogP contribution in [-0.2, 0) is 6.42 Å². The SMILES string of the molecule is C=CCl.c1ccc2c(c1)Cc1ccccc1-2. The normalized spacial score (nSPS) is 10.8. The van der Waals surface area contributed by atoms with Gasteiger partial charge in [0.15, 0.2) is 0 Å². The molecule has 0 atom stereocenters. The minimum absolute atomic E-state index is 1.10. The molecular formula is C15H13Cl. The van der Waals surface area contributed by atoms with Crippen molar-refractivity contribution < 1.29 is 0 Å². The van der Waals surface area contributed by atoms with E-state index in [9.17, 15) is 0 Å². The molecule has 80 valence electrons. The molecule has 0 amide bonds. The second kappa shape index (κ2) is 5.00. The van der Waals surface area contributed by atoms with Crippen LogP contribution in [0.5, 0.6) is 0 Å². The summed E-state index contributed by atoms with van der Waals surface area (Å²) in [5, 5.41) is 0. The first-order valence-electron chi connectivity index (χ1n) is 5.24. The molecule has 2 aromatic rings. The van der Waals surface area contributed by atoms with Crippen molar-refractivity contribution in [2.24, 2.45) is 0 Å². The zero-order chi connectivity index (χ0) is 11.4. The zero-order valence-corrected chi connectivity index (χ0v) is 9.74. The standard InChI is InChI=1S/C13H10.C2H3Cl/c1-3-7-12-10(5-1)9-11-6-2-4-8-13(11)12;1-2-3/h1-8H,9H2;2H,1H2. The fourth-order valence-corrected chi connectivity index (χ4v) is 2.08. The predicted molar refractivity (Wildman–Crippen MR) is 70.7 cm³/mol. The maximum atomic E-state index is 4.76. The summed E-state index contributed by atoms with van der Waals surface area (Å²) in [5.74, 6) is 0. The van der Waals surface area contributed by atoms with Gasteiger partial charge < -0.3 is 0 Å². The van der Waals surface area contributed by atoms with Crippen LogP contribution >= 0.6 is 11.6 Å². The molecule has 0 radical (unpaired) electrons. The lowest BCUT2D eigenvalue weighted by atomic mass is 10.1. The van der Waals surface area contributed by atoms with Crippen molar-refractivity contribution in [3.63, 3.8) is 0 Å². The first-order chi connectivity index (χ1) is 7.86. The third-order valence-electron chi connectivity index (χ3n) is 2.71. The van der Waals surface area contributed by atoms with E-state index in [2.05, 4.69) is 55.1 Å². The molecule has 0 spiro atoms. The lowest BCUT2D eigenvalue weighted by Gasteiger charge is -1.98. The zero-order valence-electron chi connectivity index (χ0n) is 8.99. The van der Waals surface area contributed by atoms with E-state index in [0.29, 0.717) is 0 Å². The van der Waals surface area contributed by atoms with Gasteiger partial charge in [0, 0.05) is 0 Å². The molecule has 1 heteroatoms. The molecule has 2 aromatic carbocycles. The van der Waals surface area contributed by atoms with Crippen LogP contribution in [0.4, 0.5) is 0 Å².